The van der Waals surface area contributed by atoms with E-state index in [0.717, 1.165) is 10.8 Å². The third-order valence-corrected chi connectivity index (χ3v) is 4.03. The molecule has 125 valence electrons. The molecule has 0 saturated carbocycles. The Bertz CT molecular complexity index is 920. The van der Waals surface area contributed by atoms with Gasteiger partial charge in [0.25, 0.3) is 0 Å². The molecule has 1 heterocycles. The van der Waals surface area contributed by atoms with Crippen molar-refractivity contribution >= 4 is 35.3 Å². The second kappa shape index (κ2) is 7.42. The molecule has 0 bridgehead atoms. The van der Waals surface area contributed by atoms with Crippen LogP contribution >= 0.6 is 0 Å². The van der Waals surface area contributed by atoms with Gasteiger partial charge in [-0.1, -0.05) is 24.3 Å². The van der Waals surface area contributed by atoms with Crippen molar-refractivity contribution in [3.8, 4) is 0 Å². The maximum Gasteiger partial charge on any atom is 0.329 e. The summed E-state index contributed by atoms with van der Waals surface area (Å²) >= 11 is 0. The van der Waals surface area contributed by atoms with E-state index < -0.39 is 17.6 Å². The fourth-order valence-electron chi connectivity index (χ4n) is 2.70. The second-order valence-electron chi connectivity index (χ2n) is 5.59. The number of hydrogen-bond acceptors (Lipinski definition) is 4. The van der Waals surface area contributed by atoms with Crippen molar-refractivity contribution in [1.82, 2.24) is 4.98 Å². The lowest BCUT2D eigenvalue weighted by Gasteiger charge is -2.17. The van der Waals surface area contributed by atoms with Gasteiger partial charge in [-0.3, -0.25) is 9.78 Å². The summed E-state index contributed by atoms with van der Waals surface area (Å²) in [6, 6.07) is 11.7. The Balaban J connectivity index is 1.87. The van der Waals surface area contributed by atoms with E-state index in [4.69, 9.17) is 10.8 Å². The van der Waals surface area contributed by atoms with E-state index in [1.165, 1.54) is 12.1 Å². The lowest BCUT2D eigenvalue weighted by Crippen LogP contribution is -2.30. The first kappa shape index (κ1) is 17.1. The number of rotatable bonds is 5. The molecule has 4 N–H and O–H groups in total. The Kier molecular flexibility index (Phi) is 5.07. The van der Waals surface area contributed by atoms with E-state index in [0.29, 0.717) is 13.2 Å². The average Bonchev–Trinajstić information content (AvgIpc) is 2.63. The molecule has 5 nitrogen and oxygen atoms in total. The van der Waals surface area contributed by atoms with Crippen LogP contribution in [0.25, 0.3) is 10.8 Å². The number of nitrogens with two attached hydrogens (primary N) is 1. The second-order valence-corrected chi connectivity index (χ2v) is 5.59. The van der Waals surface area contributed by atoms with Gasteiger partial charge in [0.05, 0.1) is 5.92 Å². The van der Waals surface area contributed by atoms with Crippen LogP contribution in [0.2, 0.25) is 0 Å². The van der Waals surface area contributed by atoms with Gasteiger partial charge >= 0.3 is 7.48 Å². The summed E-state index contributed by atoms with van der Waals surface area (Å²) in [4.78, 5) is 16.6. The average molecular weight is 336 g/mol. The molecule has 0 aliphatic heterocycles. The third kappa shape index (κ3) is 3.52. The molecule has 3 aromatic rings. The molecule has 1 atom stereocenters. The van der Waals surface area contributed by atoms with Crippen molar-refractivity contribution in [3.05, 3.63) is 66.2 Å². The Morgan fingerprint density at radius 2 is 2.12 bits per heavy atom. The highest BCUT2D eigenvalue weighted by Crippen LogP contribution is 2.22. The molecule has 0 fully saturated rings. The number of fused-ring (bicyclic) bond motifs is 1. The maximum atomic E-state index is 14.4. The SMILES string of the molecule is NCC(C(=O)Nc1ccc2cnccc2c1)c1cccc([B]O)c1F. The van der Waals surface area contributed by atoms with E-state index in [9.17, 15) is 9.18 Å². The van der Waals surface area contributed by atoms with Crippen molar-refractivity contribution in [2.75, 3.05) is 11.9 Å². The number of anilines is 1. The van der Waals surface area contributed by atoms with Crippen LogP contribution in [-0.4, -0.2) is 29.9 Å². The van der Waals surface area contributed by atoms with E-state index in [1.807, 2.05) is 18.2 Å². The third-order valence-electron chi connectivity index (χ3n) is 4.03. The van der Waals surface area contributed by atoms with Crippen molar-refractivity contribution in [1.29, 1.82) is 0 Å². The van der Waals surface area contributed by atoms with Crippen molar-refractivity contribution in [2.45, 2.75) is 5.92 Å². The van der Waals surface area contributed by atoms with Gasteiger partial charge in [-0.15, -0.1) is 0 Å². The molecular formula is C18H16BFN3O2. The number of halogens is 1. The first-order valence-corrected chi connectivity index (χ1v) is 7.74. The molecule has 7 heteroatoms. The predicted molar refractivity (Wildman–Crippen MR) is 96.2 cm³/mol. The zero-order valence-electron chi connectivity index (χ0n) is 13.3. The first-order chi connectivity index (χ1) is 12.1. The van der Waals surface area contributed by atoms with E-state index in [-0.39, 0.29) is 17.6 Å². The lowest BCUT2D eigenvalue weighted by atomic mass is 9.84. The zero-order valence-corrected chi connectivity index (χ0v) is 13.3. The molecule has 0 aliphatic carbocycles. The molecule has 0 saturated heterocycles. The van der Waals surface area contributed by atoms with Crippen molar-refractivity contribution < 1.29 is 14.2 Å². The number of nitrogens with zero attached hydrogens (tertiary/aromatic N) is 1. The van der Waals surface area contributed by atoms with Crippen LogP contribution in [0.1, 0.15) is 11.5 Å². The zero-order chi connectivity index (χ0) is 17.8. The van der Waals surface area contributed by atoms with Gasteiger partial charge in [-0.2, -0.15) is 0 Å². The van der Waals surface area contributed by atoms with Crippen LogP contribution in [0.5, 0.6) is 0 Å². The summed E-state index contributed by atoms with van der Waals surface area (Å²) in [6.07, 6.45) is 3.40. The summed E-state index contributed by atoms with van der Waals surface area (Å²) in [5.74, 6) is -1.93. The highest BCUT2D eigenvalue weighted by atomic mass is 19.1. The topological polar surface area (TPSA) is 88.2 Å². The lowest BCUT2D eigenvalue weighted by molar-refractivity contribution is -0.117. The van der Waals surface area contributed by atoms with E-state index in [1.54, 1.807) is 24.5 Å². The van der Waals surface area contributed by atoms with Gasteiger partial charge in [0, 0.05) is 35.6 Å². The molecule has 0 spiro atoms. The van der Waals surface area contributed by atoms with E-state index in [2.05, 4.69) is 10.3 Å². The van der Waals surface area contributed by atoms with Gasteiger partial charge in [-0.05, 0) is 29.0 Å². The van der Waals surface area contributed by atoms with Gasteiger partial charge in [-0.25, -0.2) is 4.39 Å². The number of nitrogens with one attached hydrogen (secondary N) is 1. The summed E-state index contributed by atoms with van der Waals surface area (Å²) in [5, 5.41) is 13.7. The molecule has 1 unspecified atom stereocenters. The van der Waals surface area contributed by atoms with Crippen LogP contribution in [-0.2, 0) is 4.79 Å². The van der Waals surface area contributed by atoms with Gasteiger partial charge in [0.2, 0.25) is 5.91 Å². The monoisotopic (exact) mass is 336 g/mol. The van der Waals surface area contributed by atoms with Crippen LogP contribution in [0.4, 0.5) is 10.1 Å². The predicted octanol–water partition coefficient (Wildman–Crippen LogP) is 1.29. The normalized spacial score (nSPS) is 12.0. The summed E-state index contributed by atoms with van der Waals surface area (Å²) in [5.41, 5.74) is 6.45. The Morgan fingerprint density at radius 1 is 1.28 bits per heavy atom. The molecule has 3 rings (SSSR count). The standard InChI is InChI=1S/C18H16BFN3O2/c20-17-14(2-1-3-16(17)19-25)15(9-21)18(24)23-13-5-4-12-10-22-7-6-11(12)8-13/h1-8,10,15,25H,9,21H2,(H,23,24). The Labute approximate surface area is 145 Å². The largest absolute Gasteiger partial charge is 0.450 e. The van der Waals surface area contributed by atoms with Crippen LogP contribution < -0.4 is 16.5 Å². The minimum atomic E-state index is -0.868. The molecule has 25 heavy (non-hydrogen) atoms. The molecule has 0 aliphatic rings. The van der Waals surface area contributed by atoms with Gasteiger partial charge in [0.15, 0.2) is 0 Å². The molecular weight excluding hydrogens is 320 g/mol. The van der Waals surface area contributed by atoms with Gasteiger partial charge in [0.1, 0.15) is 5.82 Å². The van der Waals surface area contributed by atoms with Crippen molar-refractivity contribution in [2.24, 2.45) is 5.73 Å². The summed E-state index contributed by atoms with van der Waals surface area (Å²) in [6.45, 7) is -0.0604. The smallest absolute Gasteiger partial charge is 0.329 e. The molecule has 1 radical (unpaired) electrons. The number of carbonyl (C=O) groups is 1. The summed E-state index contributed by atoms with van der Waals surface area (Å²) < 4.78 is 14.4. The Hall–Kier alpha value is -2.77. The molecule has 1 aromatic heterocycles. The summed E-state index contributed by atoms with van der Waals surface area (Å²) in [7, 11) is 0.668. The maximum absolute atomic E-state index is 14.4. The fourth-order valence-corrected chi connectivity index (χ4v) is 2.70. The quantitative estimate of drug-likeness (QED) is 0.613. The first-order valence-electron chi connectivity index (χ1n) is 7.74. The van der Waals surface area contributed by atoms with Gasteiger partial charge < -0.3 is 16.1 Å². The minimum absolute atomic E-state index is 0.0157. The fraction of sp³-hybridized carbons (Fsp3) is 0.111. The molecule has 1 amide bonds. The van der Waals surface area contributed by atoms with Crippen LogP contribution in [0, 0.1) is 5.82 Å². The highest BCUT2D eigenvalue weighted by molar-refractivity contribution is 6.45. The number of carbonyl (C=O) groups excluding carboxylic acids is 1. The molecule has 2 aromatic carbocycles. The number of benzene rings is 2. The number of hydrogen-bond donors (Lipinski definition) is 3. The van der Waals surface area contributed by atoms with Crippen molar-refractivity contribution in [3.63, 3.8) is 0 Å². The highest BCUT2D eigenvalue weighted by Gasteiger charge is 2.24. The Morgan fingerprint density at radius 3 is 2.88 bits per heavy atom. The number of pyridine rings is 1. The number of aromatic nitrogens is 1. The van der Waals surface area contributed by atoms with E-state index >= 15 is 0 Å². The number of amides is 1. The van der Waals surface area contributed by atoms with Crippen LogP contribution in [0.15, 0.2) is 54.9 Å². The minimum Gasteiger partial charge on any atom is -0.450 e. The van der Waals surface area contributed by atoms with Crippen LogP contribution in [0.3, 0.4) is 0 Å².